The van der Waals surface area contributed by atoms with Gasteiger partial charge in [0.1, 0.15) is 11.5 Å². The van der Waals surface area contributed by atoms with Gasteiger partial charge in [0.2, 0.25) is 0 Å². The number of nitrogens with one attached hydrogen (secondary N) is 2. The summed E-state index contributed by atoms with van der Waals surface area (Å²) < 4.78 is 0. The minimum absolute atomic E-state index is 0.122. The lowest BCUT2D eigenvalue weighted by Gasteiger charge is -2.11. The molecule has 0 atom stereocenters. The van der Waals surface area contributed by atoms with Crippen molar-refractivity contribution in [3.63, 3.8) is 0 Å². The molecule has 0 aliphatic carbocycles. The molecule has 98 valence electrons. The van der Waals surface area contributed by atoms with Gasteiger partial charge in [-0.15, -0.1) is 0 Å². The Bertz CT molecular complexity index is 441. The maximum Gasteiger partial charge on any atom is 0.144 e. The first-order valence-corrected chi connectivity index (χ1v) is 5.88. The molecule has 0 bridgehead atoms. The lowest BCUT2D eigenvalue weighted by molar-refractivity contribution is 0.862. The molecule has 0 unspecified atom stereocenters. The third-order valence-corrected chi connectivity index (χ3v) is 2.63. The van der Waals surface area contributed by atoms with Crippen molar-refractivity contribution in [3.8, 4) is 0 Å². The predicted octanol–water partition coefficient (Wildman–Crippen LogP) is 0.726. The Morgan fingerprint density at radius 1 is 1.33 bits per heavy atom. The molecule has 0 saturated carbocycles. The van der Waals surface area contributed by atoms with Crippen LogP contribution in [0.5, 0.6) is 0 Å². The van der Waals surface area contributed by atoms with E-state index in [9.17, 15) is 0 Å². The fourth-order valence-corrected chi connectivity index (χ4v) is 1.35. The van der Waals surface area contributed by atoms with Crippen molar-refractivity contribution in [1.29, 1.82) is 10.8 Å². The molecule has 6 N–H and O–H groups in total. The molecule has 0 fully saturated rings. The lowest BCUT2D eigenvalue weighted by atomic mass is 10.0. The van der Waals surface area contributed by atoms with Gasteiger partial charge in [0.05, 0.1) is 24.5 Å². The number of allylic oxidation sites excluding steroid dienone is 1. The first-order valence-electron chi connectivity index (χ1n) is 5.88. The summed E-state index contributed by atoms with van der Waals surface area (Å²) in [5.74, 6) is 0.479. The van der Waals surface area contributed by atoms with Crippen molar-refractivity contribution in [1.82, 2.24) is 0 Å². The zero-order valence-corrected chi connectivity index (χ0v) is 10.8. The minimum Gasteiger partial charge on any atom is -0.397 e. The van der Waals surface area contributed by atoms with E-state index in [-0.39, 0.29) is 18.1 Å². The Labute approximate surface area is 107 Å². The lowest BCUT2D eigenvalue weighted by Crippen LogP contribution is -2.28. The summed E-state index contributed by atoms with van der Waals surface area (Å²) in [6, 6.07) is 0. The maximum atomic E-state index is 7.83. The molecule has 6 heteroatoms. The molecule has 0 aromatic rings. The topological polar surface area (TPSA) is 124 Å². The van der Waals surface area contributed by atoms with Crippen LogP contribution in [0.2, 0.25) is 0 Å². The van der Waals surface area contributed by atoms with Crippen molar-refractivity contribution >= 4 is 23.0 Å². The van der Waals surface area contributed by atoms with Gasteiger partial charge in [-0.1, -0.05) is 13.8 Å². The molecule has 6 nitrogen and oxygen atoms in total. The van der Waals surface area contributed by atoms with E-state index in [4.69, 9.17) is 22.3 Å². The first-order chi connectivity index (χ1) is 8.41. The molecular weight excluding hydrogens is 228 g/mol. The van der Waals surface area contributed by atoms with Gasteiger partial charge < -0.3 is 22.3 Å². The van der Waals surface area contributed by atoms with E-state index in [0.717, 1.165) is 0 Å². The van der Waals surface area contributed by atoms with Crippen molar-refractivity contribution < 1.29 is 0 Å². The molecule has 0 saturated heterocycles. The molecule has 1 aliphatic heterocycles. The predicted molar refractivity (Wildman–Crippen MR) is 76.0 cm³/mol. The van der Waals surface area contributed by atoms with Gasteiger partial charge in [-0.05, 0) is 12.0 Å². The van der Waals surface area contributed by atoms with Crippen LogP contribution in [0.25, 0.3) is 0 Å². The van der Waals surface area contributed by atoms with Crippen molar-refractivity contribution in [2.24, 2.45) is 27.4 Å². The van der Waals surface area contributed by atoms with E-state index in [1.165, 1.54) is 0 Å². The molecule has 0 aromatic heterocycles. The van der Waals surface area contributed by atoms with E-state index < -0.39 is 0 Å². The van der Waals surface area contributed by atoms with Crippen LogP contribution in [0.1, 0.15) is 20.3 Å². The second-order valence-electron chi connectivity index (χ2n) is 4.47. The van der Waals surface area contributed by atoms with Crippen LogP contribution >= 0.6 is 0 Å². The van der Waals surface area contributed by atoms with E-state index in [2.05, 4.69) is 9.98 Å². The molecule has 0 spiro atoms. The smallest absolute Gasteiger partial charge is 0.144 e. The fraction of sp³-hybridized carbons (Fsp3) is 0.500. The number of nitrogens with two attached hydrogens (primary N) is 2. The van der Waals surface area contributed by atoms with E-state index in [1.807, 2.05) is 13.8 Å². The largest absolute Gasteiger partial charge is 0.397 e. The molecule has 18 heavy (non-hydrogen) atoms. The highest BCUT2D eigenvalue weighted by Crippen LogP contribution is 2.04. The molecule has 1 heterocycles. The summed E-state index contributed by atoms with van der Waals surface area (Å²) in [5.41, 5.74) is 13.0. The van der Waals surface area contributed by atoms with E-state index in [1.54, 1.807) is 6.08 Å². The zero-order chi connectivity index (χ0) is 13.7. The first kappa shape index (κ1) is 14.1. The fourth-order valence-electron chi connectivity index (χ4n) is 1.35. The summed E-state index contributed by atoms with van der Waals surface area (Å²) in [5, 5.41) is 15.6. The van der Waals surface area contributed by atoms with E-state index in [0.29, 0.717) is 36.0 Å². The Kier molecular flexibility index (Phi) is 4.76. The van der Waals surface area contributed by atoms with Gasteiger partial charge in [0.15, 0.2) is 0 Å². The Morgan fingerprint density at radius 3 is 2.50 bits per heavy atom. The summed E-state index contributed by atoms with van der Waals surface area (Å²) >= 11 is 0. The van der Waals surface area contributed by atoms with Gasteiger partial charge in [-0.2, -0.15) is 0 Å². The second-order valence-corrected chi connectivity index (χ2v) is 4.47. The Morgan fingerprint density at radius 2 is 1.94 bits per heavy atom. The number of amidine groups is 1. The third-order valence-electron chi connectivity index (χ3n) is 2.63. The van der Waals surface area contributed by atoms with Gasteiger partial charge in [0, 0.05) is 12.1 Å². The van der Waals surface area contributed by atoms with Crippen LogP contribution in [0.3, 0.4) is 0 Å². The summed E-state index contributed by atoms with van der Waals surface area (Å²) in [6.07, 6.45) is 1.82. The SMILES string of the molecule is CC(C)C(=N)CC(=N)C(N)=CC1=NCCN=C1N. The van der Waals surface area contributed by atoms with Crippen LogP contribution in [-0.2, 0) is 0 Å². The number of aliphatic imine (C=N–C) groups is 2. The quantitative estimate of drug-likeness (QED) is 0.535. The van der Waals surface area contributed by atoms with Crippen molar-refractivity contribution in [3.05, 3.63) is 11.8 Å². The third kappa shape index (κ3) is 3.80. The van der Waals surface area contributed by atoms with Gasteiger partial charge in [0.25, 0.3) is 0 Å². The highest BCUT2D eigenvalue weighted by molar-refractivity contribution is 6.46. The van der Waals surface area contributed by atoms with Crippen LogP contribution in [0.4, 0.5) is 0 Å². The molecule has 1 rings (SSSR count). The van der Waals surface area contributed by atoms with E-state index >= 15 is 0 Å². The highest BCUT2D eigenvalue weighted by Gasteiger charge is 2.11. The maximum absolute atomic E-state index is 7.83. The number of nitrogens with zero attached hydrogens (tertiary/aromatic N) is 2. The Balaban J connectivity index is 2.72. The van der Waals surface area contributed by atoms with Crippen LogP contribution in [0, 0.1) is 16.7 Å². The zero-order valence-electron chi connectivity index (χ0n) is 10.8. The average molecular weight is 248 g/mol. The van der Waals surface area contributed by atoms with Crippen molar-refractivity contribution in [2.75, 3.05) is 13.1 Å². The van der Waals surface area contributed by atoms with Gasteiger partial charge >= 0.3 is 0 Å². The molecule has 1 aliphatic rings. The molecule has 0 aromatic carbocycles. The number of rotatable bonds is 5. The second kappa shape index (κ2) is 6.09. The standard InChI is InChI=1S/C12H20N6/c1-7(2)8(13)5-9(14)10(15)6-11-12(16)18-4-3-17-11/h6-7,13-14H,3-5,15H2,1-2H3,(H2,16,18). The van der Waals surface area contributed by atoms with Crippen LogP contribution in [-0.4, -0.2) is 36.1 Å². The number of hydrogen-bond donors (Lipinski definition) is 4. The Hall–Kier alpha value is -1.98. The average Bonchev–Trinajstić information content (AvgIpc) is 2.31. The van der Waals surface area contributed by atoms with Gasteiger partial charge in [-0.25, -0.2) is 0 Å². The summed E-state index contributed by atoms with van der Waals surface area (Å²) in [7, 11) is 0. The minimum atomic E-state index is 0.122. The molecular formula is C12H20N6. The number of hydrogen-bond acceptors (Lipinski definition) is 6. The normalized spacial score (nSPS) is 16.3. The summed E-state index contributed by atoms with van der Waals surface area (Å²) in [6.45, 7) is 5.03. The molecule has 0 radical (unpaired) electrons. The van der Waals surface area contributed by atoms with Crippen LogP contribution < -0.4 is 11.5 Å². The van der Waals surface area contributed by atoms with Crippen LogP contribution in [0.15, 0.2) is 21.8 Å². The van der Waals surface area contributed by atoms with Gasteiger partial charge in [-0.3, -0.25) is 9.98 Å². The molecule has 0 amide bonds. The van der Waals surface area contributed by atoms with Crippen molar-refractivity contribution in [2.45, 2.75) is 20.3 Å². The highest BCUT2D eigenvalue weighted by atomic mass is 15.0. The summed E-state index contributed by atoms with van der Waals surface area (Å²) in [4.78, 5) is 8.26. The monoisotopic (exact) mass is 248 g/mol.